The van der Waals surface area contributed by atoms with E-state index in [1.165, 1.54) is 0 Å². The smallest absolute Gasteiger partial charge is 0.126 e. The fraction of sp³-hybridized carbons (Fsp3) is 0. The van der Waals surface area contributed by atoms with Crippen LogP contribution < -0.4 is 0 Å². The number of hydrogen-bond acceptors (Lipinski definition) is 4. The summed E-state index contributed by atoms with van der Waals surface area (Å²) in [5, 5.41) is 0.992. The molecular weight excluding hydrogens is 206 g/mol. The predicted octanol–water partition coefficient (Wildman–Crippen LogP) is 2.75. The van der Waals surface area contributed by atoms with Crippen LogP contribution in [-0.2, 0) is 0 Å². The summed E-state index contributed by atoms with van der Waals surface area (Å²) < 4.78 is 1.16. The molecule has 0 atom stereocenters. The zero-order valence-corrected chi connectivity index (χ0v) is 8.61. The highest BCUT2D eigenvalue weighted by molar-refractivity contribution is 7.21. The molecule has 0 saturated carbocycles. The molecule has 0 saturated heterocycles. The second-order valence-corrected chi connectivity index (χ2v) is 4.13. The average molecular weight is 213 g/mol. The largest absolute Gasteiger partial charge is 0.264 e. The van der Waals surface area contributed by atoms with Gasteiger partial charge in [-0.2, -0.15) is 0 Å². The first-order chi connectivity index (χ1) is 7.43. The first-order valence-electron chi connectivity index (χ1n) is 4.54. The molecule has 3 nitrogen and oxygen atoms in total. The first-order valence-corrected chi connectivity index (χ1v) is 5.36. The van der Waals surface area contributed by atoms with Crippen LogP contribution in [-0.4, -0.2) is 15.0 Å². The Bertz CT molecular complexity index is 556. The highest BCUT2D eigenvalue weighted by Gasteiger charge is 2.04. The van der Waals surface area contributed by atoms with Crippen LogP contribution in [0.25, 0.3) is 20.8 Å². The number of pyridine rings is 2. The van der Waals surface area contributed by atoms with Crippen LogP contribution in [0.5, 0.6) is 0 Å². The molecule has 0 amide bonds. The van der Waals surface area contributed by atoms with Crippen molar-refractivity contribution in [1.29, 1.82) is 0 Å². The Kier molecular flexibility index (Phi) is 1.93. The minimum absolute atomic E-state index is 0.946. The molecule has 4 heteroatoms. The summed E-state index contributed by atoms with van der Waals surface area (Å²) in [6.07, 6.45) is 7.16. The number of hydrogen-bond donors (Lipinski definition) is 0. The predicted molar refractivity (Wildman–Crippen MR) is 60.6 cm³/mol. The van der Waals surface area contributed by atoms with Crippen LogP contribution >= 0.6 is 11.3 Å². The zero-order valence-electron chi connectivity index (χ0n) is 7.79. The maximum absolute atomic E-state index is 4.50. The molecule has 0 aromatic carbocycles. The van der Waals surface area contributed by atoms with Crippen LogP contribution in [0, 0.1) is 0 Å². The fourth-order valence-corrected chi connectivity index (χ4v) is 2.32. The van der Waals surface area contributed by atoms with Crippen LogP contribution in [0.3, 0.4) is 0 Å². The Morgan fingerprint density at radius 2 is 1.93 bits per heavy atom. The third kappa shape index (κ3) is 1.49. The van der Waals surface area contributed by atoms with E-state index in [4.69, 9.17) is 0 Å². The van der Waals surface area contributed by atoms with Gasteiger partial charge in [-0.05, 0) is 18.2 Å². The number of thiazole rings is 1. The summed E-state index contributed by atoms with van der Waals surface area (Å²) in [5.74, 6) is 0. The number of fused-ring (bicyclic) bond motifs is 1. The third-order valence-electron chi connectivity index (χ3n) is 2.10. The molecule has 0 aliphatic rings. The van der Waals surface area contributed by atoms with Crippen molar-refractivity contribution in [2.24, 2.45) is 0 Å². The molecule has 0 radical (unpaired) electrons. The van der Waals surface area contributed by atoms with Gasteiger partial charge in [0.25, 0.3) is 0 Å². The van der Waals surface area contributed by atoms with E-state index in [0.717, 1.165) is 20.8 Å². The second-order valence-electron chi connectivity index (χ2n) is 3.10. The molecule has 0 bridgehead atoms. The van der Waals surface area contributed by atoms with Crippen molar-refractivity contribution in [2.75, 3.05) is 0 Å². The summed E-state index contributed by atoms with van der Waals surface area (Å²) >= 11 is 1.66. The maximum atomic E-state index is 4.50. The molecule has 3 aromatic heterocycles. The van der Waals surface area contributed by atoms with Gasteiger partial charge < -0.3 is 0 Å². The van der Waals surface area contributed by atoms with Gasteiger partial charge in [-0.15, -0.1) is 11.3 Å². The summed E-state index contributed by atoms with van der Waals surface area (Å²) in [6.45, 7) is 0. The van der Waals surface area contributed by atoms with Gasteiger partial charge in [0.05, 0.1) is 10.9 Å². The summed E-state index contributed by atoms with van der Waals surface area (Å²) in [7, 11) is 0. The molecule has 0 spiro atoms. The zero-order chi connectivity index (χ0) is 10.1. The molecule has 3 aromatic rings. The standard InChI is InChI=1S/C11H7N3S/c1-2-8(6-12-4-1)11-14-9-7-13-5-3-10(9)15-11/h1-7H. The maximum Gasteiger partial charge on any atom is 0.126 e. The van der Waals surface area contributed by atoms with E-state index in [1.54, 1.807) is 29.9 Å². The Labute approximate surface area is 90.5 Å². The van der Waals surface area contributed by atoms with E-state index in [1.807, 2.05) is 24.4 Å². The van der Waals surface area contributed by atoms with Gasteiger partial charge in [0.15, 0.2) is 0 Å². The van der Waals surface area contributed by atoms with Crippen molar-refractivity contribution in [2.45, 2.75) is 0 Å². The number of nitrogens with zero attached hydrogens (tertiary/aromatic N) is 3. The second kappa shape index (κ2) is 3.40. The van der Waals surface area contributed by atoms with Gasteiger partial charge in [0.2, 0.25) is 0 Å². The van der Waals surface area contributed by atoms with Crippen LogP contribution in [0.15, 0.2) is 43.0 Å². The SMILES string of the molecule is c1cncc(-c2nc3cnccc3s2)c1. The van der Waals surface area contributed by atoms with E-state index in [9.17, 15) is 0 Å². The molecule has 72 valence electrons. The average Bonchev–Trinajstić information content (AvgIpc) is 2.74. The first kappa shape index (κ1) is 8.49. The summed E-state index contributed by atoms with van der Waals surface area (Å²) in [6, 6.07) is 5.91. The van der Waals surface area contributed by atoms with Crippen molar-refractivity contribution in [1.82, 2.24) is 15.0 Å². The van der Waals surface area contributed by atoms with Crippen molar-refractivity contribution in [3.05, 3.63) is 43.0 Å². The highest BCUT2D eigenvalue weighted by atomic mass is 32.1. The topological polar surface area (TPSA) is 38.7 Å². The van der Waals surface area contributed by atoms with Crippen LogP contribution in [0.1, 0.15) is 0 Å². The fourth-order valence-electron chi connectivity index (χ4n) is 1.39. The Morgan fingerprint density at radius 1 is 1.00 bits per heavy atom. The molecular formula is C11H7N3S. The van der Waals surface area contributed by atoms with Crippen molar-refractivity contribution >= 4 is 21.6 Å². The van der Waals surface area contributed by atoms with Gasteiger partial charge in [-0.3, -0.25) is 9.97 Å². The number of aromatic nitrogens is 3. The van der Waals surface area contributed by atoms with E-state index in [-0.39, 0.29) is 0 Å². The van der Waals surface area contributed by atoms with Crippen molar-refractivity contribution in [3.63, 3.8) is 0 Å². The Balaban J connectivity index is 2.21. The molecule has 0 aliphatic carbocycles. The summed E-state index contributed by atoms with van der Waals surface area (Å²) in [4.78, 5) is 12.6. The summed E-state index contributed by atoms with van der Waals surface area (Å²) in [5.41, 5.74) is 2.00. The van der Waals surface area contributed by atoms with Gasteiger partial charge in [0, 0.05) is 24.2 Å². The molecule has 3 heterocycles. The lowest BCUT2D eigenvalue weighted by Gasteiger charge is -1.91. The number of rotatable bonds is 1. The molecule has 0 fully saturated rings. The molecule has 3 rings (SSSR count). The van der Waals surface area contributed by atoms with E-state index < -0.39 is 0 Å². The van der Waals surface area contributed by atoms with Crippen molar-refractivity contribution in [3.8, 4) is 10.6 Å². The van der Waals surface area contributed by atoms with E-state index >= 15 is 0 Å². The normalized spacial score (nSPS) is 10.7. The van der Waals surface area contributed by atoms with Crippen LogP contribution in [0.4, 0.5) is 0 Å². The quantitative estimate of drug-likeness (QED) is 0.624. The van der Waals surface area contributed by atoms with E-state index in [0.29, 0.717) is 0 Å². The lowest BCUT2D eigenvalue weighted by atomic mass is 10.3. The van der Waals surface area contributed by atoms with Gasteiger partial charge in [-0.25, -0.2) is 4.98 Å². The molecule has 0 unspecified atom stereocenters. The van der Waals surface area contributed by atoms with Gasteiger partial charge in [0.1, 0.15) is 10.5 Å². The molecule has 0 N–H and O–H groups in total. The monoisotopic (exact) mass is 213 g/mol. The van der Waals surface area contributed by atoms with Crippen molar-refractivity contribution < 1.29 is 0 Å². The lowest BCUT2D eigenvalue weighted by Crippen LogP contribution is -1.76. The molecule has 0 aliphatic heterocycles. The minimum atomic E-state index is 0.946. The minimum Gasteiger partial charge on any atom is -0.264 e. The lowest BCUT2D eigenvalue weighted by molar-refractivity contribution is 1.31. The third-order valence-corrected chi connectivity index (χ3v) is 3.18. The Morgan fingerprint density at radius 3 is 2.73 bits per heavy atom. The Hall–Kier alpha value is -1.81. The van der Waals surface area contributed by atoms with Gasteiger partial charge >= 0.3 is 0 Å². The van der Waals surface area contributed by atoms with Gasteiger partial charge in [-0.1, -0.05) is 0 Å². The van der Waals surface area contributed by atoms with Crippen LogP contribution in [0.2, 0.25) is 0 Å². The molecule has 15 heavy (non-hydrogen) atoms. The van der Waals surface area contributed by atoms with E-state index in [2.05, 4.69) is 15.0 Å². The highest BCUT2D eigenvalue weighted by Crippen LogP contribution is 2.28.